The first kappa shape index (κ1) is 14.2. The van der Waals surface area contributed by atoms with E-state index in [1.807, 2.05) is 50.4 Å². The Kier molecular flexibility index (Phi) is 4.85. The first-order chi connectivity index (χ1) is 9.65. The Balaban J connectivity index is 1.78. The number of aryl methyl sites for hydroxylation is 2. The lowest BCUT2D eigenvalue weighted by molar-refractivity contribution is -0.115. The fraction of sp³-hybridized carbons (Fsp3) is 0.250. The zero-order valence-electron chi connectivity index (χ0n) is 11.8. The summed E-state index contributed by atoms with van der Waals surface area (Å²) in [5.74, 6) is -0.0459. The molecule has 1 amide bonds. The lowest BCUT2D eigenvalue weighted by Crippen LogP contribution is -2.27. The van der Waals surface area contributed by atoms with Gasteiger partial charge in [-0.15, -0.1) is 0 Å². The van der Waals surface area contributed by atoms with Crippen LogP contribution in [0, 0.1) is 13.8 Å². The van der Waals surface area contributed by atoms with Gasteiger partial charge in [-0.25, -0.2) is 0 Å². The van der Waals surface area contributed by atoms with Crippen molar-refractivity contribution in [3.05, 3.63) is 59.4 Å². The molecule has 20 heavy (non-hydrogen) atoms. The van der Waals surface area contributed by atoms with E-state index in [1.54, 1.807) is 6.20 Å². The summed E-state index contributed by atoms with van der Waals surface area (Å²) in [7, 11) is 0. The van der Waals surface area contributed by atoms with E-state index in [1.165, 1.54) is 11.1 Å². The number of hydrogen-bond donors (Lipinski definition) is 2. The molecule has 0 unspecified atom stereocenters. The van der Waals surface area contributed by atoms with Gasteiger partial charge in [0, 0.05) is 24.6 Å². The van der Waals surface area contributed by atoms with E-state index in [-0.39, 0.29) is 12.5 Å². The number of amides is 1. The van der Waals surface area contributed by atoms with Crippen molar-refractivity contribution in [2.24, 2.45) is 0 Å². The predicted molar refractivity (Wildman–Crippen MR) is 80.5 cm³/mol. The molecule has 4 heteroatoms. The molecule has 104 valence electrons. The summed E-state index contributed by atoms with van der Waals surface area (Å²) in [6.45, 7) is 4.97. The van der Waals surface area contributed by atoms with Crippen LogP contribution in [0.4, 0.5) is 5.69 Å². The van der Waals surface area contributed by atoms with Gasteiger partial charge in [0.25, 0.3) is 0 Å². The molecule has 0 saturated carbocycles. The number of anilines is 1. The summed E-state index contributed by atoms with van der Waals surface area (Å²) in [5.41, 5.74) is 4.27. The molecule has 0 aliphatic heterocycles. The smallest absolute Gasteiger partial charge is 0.238 e. The third-order valence-corrected chi connectivity index (χ3v) is 3.08. The average molecular weight is 269 g/mol. The van der Waals surface area contributed by atoms with Gasteiger partial charge in [-0.2, -0.15) is 0 Å². The van der Waals surface area contributed by atoms with Crippen LogP contribution >= 0.6 is 0 Å². The van der Waals surface area contributed by atoms with Crippen molar-refractivity contribution < 1.29 is 4.79 Å². The van der Waals surface area contributed by atoms with Gasteiger partial charge in [0.1, 0.15) is 0 Å². The maximum absolute atomic E-state index is 11.8. The third-order valence-electron chi connectivity index (χ3n) is 3.08. The van der Waals surface area contributed by atoms with Gasteiger partial charge in [-0.1, -0.05) is 17.7 Å². The Labute approximate surface area is 119 Å². The first-order valence-corrected chi connectivity index (χ1v) is 6.62. The summed E-state index contributed by atoms with van der Waals surface area (Å²) < 4.78 is 0. The Morgan fingerprint density at radius 2 is 1.90 bits per heavy atom. The molecule has 1 aromatic carbocycles. The molecule has 2 N–H and O–H groups in total. The van der Waals surface area contributed by atoms with E-state index in [0.29, 0.717) is 6.54 Å². The van der Waals surface area contributed by atoms with Crippen LogP contribution in [0.15, 0.2) is 42.7 Å². The highest BCUT2D eigenvalue weighted by molar-refractivity contribution is 5.92. The highest BCUT2D eigenvalue weighted by atomic mass is 16.1. The average Bonchev–Trinajstić information content (AvgIpc) is 2.43. The molecule has 2 rings (SSSR count). The number of carbonyl (C=O) groups excluding carboxylic acids is 1. The minimum absolute atomic E-state index is 0.0459. The highest BCUT2D eigenvalue weighted by Gasteiger charge is 2.03. The second-order valence-corrected chi connectivity index (χ2v) is 4.82. The Hall–Kier alpha value is -2.20. The van der Waals surface area contributed by atoms with Crippen LogP contribution in [0.25, 0.3) is 0 Å². The monoisotopic (exact) mass is 269 g/mol. The zero-order chi connectivity index (χ0) is 14.4. The molecular weight excluding hydrogens is 250 g/mol. The largest absolute Gasteiger partial charge is 0.325 e. The molecule has 2 aromatic rings. The molecule has 0 fully saturated rings. The molecule has 1 heterocycles. The van der Waals surface area contributed by atoms with Crippen molar-refractivity contribution in [2.45, 2.75) is 20.4 Å². The van der Waals surface area contributed by atoms with Gasteiger partial charge in [0.15, 0.2) is 0 Å². The molecule has 0 spiro atoms. The quantitative estimate of drug-likeness (QED) is 0.876. The van der Waals surface area contributed by atoms with Gasteiger partial charge < -0.3 is 10.6 Å². The number of carbonyl (C=O) groups is 1. The molecule has 0 bridgehead atoms. The van der Waals surface area contributed by atoms with Crippen molar-refractivity contribution >= 4 is 11.6 Å². The zero-order valence-corrected chi connectivity index (χ0v) is 11.8. The van der Waals surface area contributed by atoms with Crippen molar-refractivity contribution in [1.82, 2.24) is 10.3 Å². The standard InChI is InChI=1S/C16H19N3O/c1-12-3-5-15(6-4-12)19-16(20)11-18-10-14-9-17-8-7-13(14)2/h3-9,18H,10-11H2,1-2H3,(H,19,20). The maximum atomic E-state index is 11.8. The van der Waals surface area contributed by atoms with Crippen LogP contribution < -0.4 is 10.6 Å². The number of pyridine rings is 1. The lowest BCUT2D eigenvalue weighted by atomic mass is 10.1. The fourth-order valence-corrected chi connectivity index (χ4v) is 1.83. The normalized spacial score (nSPS) is 10.3. The summed E-state index contributed by atoms with van der Waals surface area (Å²) in [6, 6.07) is 9.71. The maximum Gasteiger partial charge on any atom is 0.238 e. The van der Waals surface area contributed by atoms with Crippen LogP contribution in [-0.2, 0) is 11.3 Å². The van der Waals surface area contributed by atoms with Crippen molar-refractivity contribution in [2.75, 3.05) is 11.9 Å². The van der Waals surface area contributed by atoms with E-state index < -0.39 is 0 Å². The van der Waals surface area contributed by atoms with Gasteiger partial charge in [-0.3, -0.25) is 9.78 Å². The lowest BCUT2D eigenvalue weighted by Gasteiger charge is -2.08. The van der Waals surface area contributed by atoms with Crippen LogP contribution in [0.5, 0.6) is 0 Å². The Bertz CT molecular complexity index is 579. The van der Waals surface area contributed by atoms with E-state index in [9.17, 15) is 4.79 Å². The van der Waals surface area contributed by atoms with Crippen LogP contribution in [0.3, 0.4) is 0 Å². The predicted octanol–water partition coefficient (Wildman–Crippen LogP) is 2.43. The van der Waals surface area contributed by atoms with E-state index >= 15 is 0 Å². The van der Waals surface area contributed by atoms with Crippen molar-refractivity contribution in [3.8, 4) is 0 Å². The van der Waals surface area contributed by atoms with Crippen molar-refractivity contribution in [1.29, 1.82) is 0 Å². The number of aromatic nitrogens is 1. The Morgan fingerprint density at radius 1 is 1.15 bits per heavy atom. The number of rotatable bonds is 5. The summed E-state index contributed by atoms with van der Waals surface area (Å²) >= 11 is 0. The van der Waals surface area contributed by atoms with Crippen molar-refractivity contribution in [3.63, 3.8) is 0 Å². The molecular formula is C16H19N3O. The highest BCUT2D eigenvalue weighted by Crippen LogP contribution is 2.08. The van der Waals surface area contributed by atoms with E-state index in [2.05, 4.69) is 15.6 Å². The minimum Gasteiger partial charge on any atom is -0.325 e. The number of nitrogens with zero attached hydrogens (tertiary/aromatic N) is 1. The SMILES string of the molecule is Cc1ccc(NC(=O)CNCc2cnccc2C)cc1. The molecule has 0 aliphatic rings. The second kappa shape index (κ2) is 6.82. The van der Waals surface area contributed by atoms with Gasteiger partial charge in [-0.05, 0) is 43.2 Å². The fourth-order valence-electron chi connectivity index (χ4n) is 1.83. The van der Waals surface area contributed by atoms with Crippen LogP contribution in [-0.4, -0.2) is 17.4 Å². The molecule has 0 radical (unpaired) electrons. The van der Waals surface area contributed by atoms with Gasteiger partial charge >= 0.3 is 0 Å². The summed E-state index contributed by atoms with van der Waals surface area (Å²) in [5, 5.41) is 5.97. The molecule has 0 saturated heterocycles. The van der Waals surface area contributed by atoms with Gasteiger partial charge in [0.2, 0.25) is 5.91 Å². The number of benzene rings is 1. The summed E-state index contributed by atoms with van der Waals surface area (Å²) in [6.07, 6.45) is 3.59. The van der Waals surface area contributed by atoms with Gasteiger partial charge in [0.05, 0.1) is 6.54 Å². The Morgan fingerprint density at radius 3 is 2.60 bits per heavy atom. The summed E-state index contributed by atoms with van der Waals surface area (Å²) in [4.78, 5) is 15.9. The number of hydrogen-bond acceptors (Lipinski definition) is 3. The molecule has 0 aliphatic carbocycles. The van der Waals surface area contributed by atoms with Crippen LogP contribution in [0.2, 0.25) is 0 Å². The van der Waals surface area contributed by atoms with Crippen LogP contribution in [0.1, 0.15) is 16.7 Å². The first-order valence-electron chi connectivity index (χ1n) is 6.62. The second-order valence-electron chi connectivity index (χ2n) is 4.82. The molecule has 0 atom stereocenters. The van der Waals surface area contributed by atoms with E-state index in [4.69, 9.17) is 0 Å². The molecule has 4 nitrogen and oxygen atoms in total. The van der Waals surface area contributed by atoms with E-state index in [0.717, 1.165) is 11.3 Å². The molecule has 1 aromatic heterocycles. The topological polar surface area (TPSA) is 54.0 Å². The number of nitrogens with one attached hydrogen (secondary N) is 2. The minimum atomic E-state index is -0.0459. The third kappa shape index (κ3) is 4.17.